The molecule has 50 heavy (non-hydrogen) atoms. The molecule has 0 saturated carbocycles. The number of pyridine rings is 2. The minimum Gasteiger partial charge on any atom is -0.247 e. The van der Waals surface area contributed by atoms with E-state index in [0.717, 1.165) is 77.3 Å². The molecule has 2 heteroatoms. The van der Waals surface area contributed by atoms with Crippen molar-refractivity contribution in [2.24, 2.45) is 0 Å². The summed E-state index contributed by atoms with van der Waals surface area (Å²) in [6.07, 6.45) is 0. The maximum Gasteiger partial charge on any atom is 0.0795 e. The van der Waals surface area contributed by atoms with Crippen molar-refractivity contribution >= 4 is 54.1 Å². The van der Waals surface area contributed by atoms with E-state index in [1.54, 1.807) is 0 Å². The van der Waals surface area contributed by atoms with Gasteiger partial charge in [0.1, 0.15) is 0 Å². The molecule has 0 aliphatic carbocycles. The Morgan fingerprint density at radius 3 is 1.10 bits per heavy atom. The molecule has 0 spiro atoms. The maximum atomic E-state index is 5.47. The Kier molecular flexibility index (Phi) is 6.53. The normalized spacial score (nSPS) is 11.6. The van der Waals surface area contributed by atoms with Crippen molar-refractivity contribution in [3.63, 3.8) is 0 Å². The Balaban J connectivity index is 1.35. The van der Waals surface area contributed by atoms with Crippen LogP contribution in [0.1, 0.15) is 0 Å². The van der Waals surface area contributed by atoms with Crippen molar-refractivity contribution in [1.82, 2.24) is 9.97 Å². The van der Waals surface area contributed by atoms with Gasteiger partial charge in [-0.25, -0.2) is 9.97 Å². The van der Waals surface area contributed by atoms with E-state index >= 15 is 0 Å². The van der Waals surface area contributed by atoms with Crippen LogP contribution in [-0.4, -0.2) is 9.97 Å². The second kappa shape index (κ2) is 11.5. The summed E-state index contributed by atoms with van der Waals surface area (Å²) in [5.41, 5.74) is 10.7. The average molecular weight is 635 g/mol. The SMILES string of the molecule is c1ccc(-c2ccc3c(-c4ccc5ccccc5c4)cc4c(cc(-c5ccc6ccccc6c5)c5ccc(-c6ccccc6)nc54)c3n2)cc1. The number of aromatic nitrogens is 2. The average Bonchev–Trinajstić information content (AvgIpc) is 3.20. The van der Waals surface area contributed by atoms with Crippen molar-refractivity contribution < 1.29 is 0 Å². The van der Waals surface area contributed by atoms with E-state index in [0.29, 0.717) is 0 Å². The van der Waals surface area contributed by atoms with Crippen LogP contribution in [0.4, 0.5) is 0 Å². The van der Waals surface area contributed by atoms with E-state index in [9.17, 15) is 0 Å². The van der Waals surface area contributed by atoms with Gasteiger partial charge in [0.2, 0.25) is 0 Å². The molecule has 0 radical (unpaired) electrons. The first-order valence-corrected chi connectivity index (χ1v) is 17.1. The van der Waals surface area contributed by atoms with E-state index in [2.05, 4.69) is 182 Å². The van der Waals surface area contributed by atoms with Crippen molar-refractivity contribution in [3.8, 4) is 44.8 Å². The molecule has 0 bridgehead atoms. The summed E-state index contributed by atoms with van der Waals surface area (Å²) >= 11 is 0. The summed E-state index contributed by atoms with van der Waals surface area (Å²) in [6, 6.07) is 65.1. The van der Waals surface area contributed by atoms with Crippen LogP contribution in [0.15, 0.2) is 182 Å². The lowest BCUT2D eigenvalue weighted by Gasteiger charge is -2.17. The third kappa shape index (κ3) is 4.73. The first kappa shape index (κ1) is 28.4. The van der Waals surface area contributed by atoms with Crippen LogP contribution in [0, 0.1) is 0 Å². The number of rotatable bonds is 4. The number of fused-ring (bicyclic) bond motifs is 7. The van der Waals surface area contributed by atoms with Crippen LogP contribution in [0.25, 0.3) is 98.9 Å². The largest absolute Gasteiger partial charge is 0.247 e. The third-order valence-electron chi connectivity index (χ3n) is 10.0. The lowest BCUT2D eigenvalue weighted by atomic mass is 9.89. The molecule has 232 valence electrons. The first-order valence-electron chi connectivity index (χ1n) is 17.1. The molecular formula is C48H30N2. The zero-order valence-electron chi connectivity index (χ0n) is 27.2. The Labute approximate surface area is 290 Å². The summed E-state index contributed by atoms with van der Waals surface area (Å²) in [5, 5.41) is 9.31. The van der Waals surface area contributed by atoms with Gasteiger partial charge in [-0.3, -0.25) is 0 Å². The van der Waals surface area contributed by atoms with Crippen LogP contribution in [0.5, 0.6) is 0 Å². The molecule has 0 aliphatic heterocycles. The lowest BCUT2D eigenvalue weighted by molar-refractivity contribution is 1.40. The predicted molar refractivity (Wildman–Crippen MR) is 211 cm³/mol. The standard InChI is InChI=1S/C48H30N2/c1-3-13-33(14-4-1)45-25-23-39-41(37-21-19-31-11-7-9-17-35(31)27-37)30-44-43(47(39)49-45)29-42(38-22-20-32-12-8-10-18-36(32)28-38)40-24-26-46(50-48(40)44)34-15-5-2-6-16-34/h1-30H. The van der Waals surface area contributed by atoms with Crippen molar-refractivity contribution in [2.45, 2.75) is 0 Å². The van der Waals surface area contributed by atoms with Crippen LogP contribution >= 0.6 is 0 Å². The van der Waals surface area contributed by atoms with Crippen LogP contribution in [0.2, 0.25) is 0 Å². The van der Waals surface area contributed by atoms with Crippen molar-refractivity contribution in [3.05, 3.63) is 182 Å². The Morgan fingerprint density at radius 1 is 0.260 bits per heavy atom. The molecule has 0 aliphatic rings. The van der Waals surface area contributed by atoms with E-state index in [1.165, 1.54) is 21.5 Å². The summed E-state index contributed by atoms with van der Waals surface area (Å²) in [4.78, 5) is 10.9. The van der Waals surface area contributed by atoms with Crippen LogP contribution < -0.4 is 0 Å². The molecule has 0 unspecified atom stereocenters. The first-order chi connectivity index (χ1) is 24.8. The lowest BCUT2D eigenvalue weighted by Crippen LogP contribution is -1.95. The van der Waals surface area contributed by atoms with E-state index in [1.807, 2.05) is 0 Å². The molecule has 8 aromatic carbocycles. The summed E-state index contributed by atoms with van der Waals surface area (Å²) in [7, 11) is 0. The highest BCUT2D eigenvalue weighted by atomic mass is 14.7. The molecule has 10 rings (SSSR count). The monoisotopic (exact) mass is 634 g/mol. The van der Waals surface area contributed by atoms with Crippen molar-refractivity contribution in [1.29, 1.82) is 0 Å². The number of hydrogen-bond acceptors (Lipinski definition) is 2. The molecule has 2 heterocycles. The molecule has 10 aromatic rings. The topological polar surface area (TPSA) is 25.8 Å². The number of hydrogen-bond donors (Lipinski definition) is 0. The molecular weight excluding hydrogens is 605 g/mol. The van der Waals surface area contributed by atoms with Gasteiger partial charge in [0, 0.05) is 32.7 Å². The van der Waals surface area contributed by atoms with Gasteiger partial charge in [0.15, 0.2) is 0 Å². The van der Waals surface area contributed by atoms with Gasteiger partial charge in [-0.1, -0.05) is 133 Å². The van der Waals surface area contributed by atoms with Gasteiger partial charge in [-0.05, 0) is 92.3 Å². The zero-order valence-corrected chi connectivity index (χ0v) is 27.2. The molecule has 0 N–H and O–H groups in total. The van der Waals surface area contributed by atoms with Gasteiger partial charge in [-0.2, -0.15) is 0 Å². The van der Waals surface area contributed by atoms with Crippen molar-refractivity contribution in [2.75, 3.05) is 0 Å². The fraction of sp³-hybridized carbons (Fsp3) is 0. The molecule has 0 atom stereocenters. The van der Waals surface area contributed by atoms with E-state index < -0.39 is 0 Å². The number of benzene rings is 8. The maximum absolute atomic E-state index is 5.47. The van der Waals surface area contributed by atoms with Gasteiger partial charge in [0.05, 0.1) is 22.4 Å². The van der Waals surface area contributed by atoms with Gasteiger partial charge < -0.3 is 0 Å². The fourth-order valence-corrected chi connectivity index (χ4v) is 7.49. The zero-order chi connectivity index (χ0) is 33.0. The molecule has 2 nitrogen and oxygen atoms in total. The quantitative estimate of drug-likeness (QED) is 0.180. The van der Waals surface area contributed by atoms with E-state index in [4.69, 9.17) is 9.97 Å². The van der Waals surface area contributed by atoms with E-state index in [-0.39, 0.29) is 0 Å². The highest BCUT2D eigenvalue weighted by Gasteiger charge is 2.18. The third-order valence-corrected chi connectivity index (χ3v) is 10.0. The Hall–Kier alpha value is -6.64. The minimum atomic E-state index is 0.952. The fourth-order valence-electron chi connectivity index (χ4n) is 7.49. The number of nitrogens with zero attached hydrogens (tertiary/aromatic N) is 2. The smallest absolute Gasteiger partial charge is 0.0795 e. The second-order valence-corrected chi connectivity index (χ2v) is 13.0. The molecule has 0 saturated heterocycles. The van der Waals surface area contributed by atoms with Crippen LogP contribution in [0.3, 0.4) is 0 Å². The Bertz CT molecular complexity index is 2710. The highest BCUT2D eigenvalue weighted by Crippen LogP contribution is 2.43. The van der Waals surface area contributed by atoms with Crippen LogP contribution in [-0.2, 0) is 0 Å². The summed E-state index contributed by atoms with van der Waals surface area (Å²) < 4.78 is 0. The second-order valence-electron chi connectivity index (χ2n) is 13.0. The predicted octanol–water partition coefficient (Wildman–Crippen LogP) is 12.9. The summed E-state index contributed by atoms with van der Waals surface area (Å²) in [5.74, 6) is 0. The Morgan fingerprint density at radius 2 is 0.660 bits per heavy atom. The molecule has 2 aromatic heterocycles. The highest BCUT2D eigenvalue weighted by molar-refractivity contribution is 6.22. The minimum absolute atomic E-state index is 0.952. The van der Waals surface area contributed by atoms with Gasteiger partial charge in [0.25, 0.3) is 0 Å². The molecule has 0 amide bonds. The van der Waals surface area contributed by atoms with Gasteiger partial charge in [-0.15, -0.1) is 0 Å². The molecule has 0 fully saturated rings. The summed E-state index contributed by atoms with van der Waals surface area (Å²) in [6.45, 7) is 0. The van der Waals surface area contributed by atoms with Gasteiger partial charge >= 0.3 is 0 Å².